The lowest BCUT2D eigenvalue weighted by molar-refractivity contribution is 0.0941. The predicted molar refractivity (Wildman–Crippen MR) is 60.6 cm³/mol. The molecule has 0 bridgehead atoms. The Kier molecular flexibility index (Phi) is 2.74. The summed E-state index contributed by atoms with van der Waals surface area (Å²) in [6.07, 6.45) is 3.19. The van der Waals surface area contributed by atoms with Crippen LogP contribution in [0.4, 0.5) is 0 Å². The SMILES string of the molecule is [B]c1cccc(-n2ccnc2C(=O)NN)c1. The van der Waals surface area contributed by atoms with E-state index in [1.807, 2.05) is 11.5 Å². The van der Waals surface area contributed by atoms with E-state index < -0.39 is 5.91 Å². The smallest absolute Gasteiger partial charge is 0.296 e. The zero-order valence-electron chi connectivity index (χ0n) is 8.42. The van der Waals surface area contributed by atoms with Gasteiger partial charge in [-0.3, -0.25) is 14.8 Å². The normalized spacial score (nSPS) is 10.1. The van der Waals surface area contributed by atoms with Crippen LogP contribution in [-0.2, 0) is 0 Å². The lowest BCUT2D eigenvalue weighted by Crippen LogP contribution is -2.32. The molecule has 1 amide bonds. The number of nitrogens with one attached hydrogen (secondary N) is 1. The summed E-state index contributed by atoms with van der Waals surface area (Å²) >= 11 is 0. The fraction of sp³-hybridized carbons (Fsp3) is 0. The van der Waals surface area contributed by atoms with Crippen molar-refractivity contribution in [3.05, 3.63) is 42.5 Å². The molecule has 3 N–H and O–H groups in total. The first kappa shape index (κ1) is 10.4. The van der Waals surface area contributed by atoms with Crippen molar-refractivity contribution < 1.29 is 4.79 Å². The highest BCUT2D eigenvalue weighted by molar-refractivity contribution is 6.32. The Morgan fingerprint density at radius 2 is 2.31 bits per heavy atom. The van der Waals surface area contributed by atoms with Crippen molar-refractivity contribution in [3.8, 4) is 5.69 Å². The zero-order chi connectivity index (χ0) is 11.5. The van der Waals surface area contributed by atoms with Gasteiger partial charge in [0.2, 0.25) is 5.82 Å². The van der Waals surface area contributed by atoms with Crippen molar-refractivity contribution in [2.45, 2.75) is 0 Å². The Morgan fingerprint density at radius 1 is 1.50 bits per heavy atom. The number of nitrogens with zero attached hydrogens (tertiary/aromatic N) is 2. The van der Waals surface area contributed by atoms with Gasteiger partial charge in [-0.05, 0) is 12.1 Å². The largest absolute Gasteiger partial charge is 0.301 e. The minimum absolute atomic E-state index is 0.216. The third kappa shape index (κ3) is 1.83. The summed E-state index contributed by atoms with van der Waals surface area (Å²) < 4.78 is 1.61. The fourth-order valence-corrected chi connectivity index (χ4v) is 1.42. The summed E-state index contributed by atoms with van der Waals surface area (Å²) in [5.74, 6) is 4.83. The molecule has 0 aliphatic rings. The van der Waals surface area contributed by atoms with Gasteiger partial charge in [0.1, 0.15) is 7.85 Å². The monoisotopic (exact) mass is 212 g/mol. The van der Waals surface area contributed by atoms with Crippen LogP contribution in [0.1, 0.15) is 10.6 Å². The fourth-order valence-electron chi connectivity index (χ4n) is 1.42. The number of imidazole rings is 1. The lowest BCUT2D eigenvalue weighted by atomic mass is 9.96. The van der Waals surface area contributed by atoms with Crippen LogP contribution in [0.15, 0.2) is 36.7 Å². The van der Waals surface area contributed by atoms with Crippen molar-refractivity contribution >= 4 is 19.2 Å². The summed E-state index contributed by atoms with van der Waals surface area (Å²) in [7, 11) is 5.66. The summed E-state index contributed by atoms with van der Waals surface area (Å²) in [5.41, 5.74) is 3.41. The van der Waals surface area contributed by atoms with Gasteiger partial charge in [0.15, 0.2) is 0 Å². The molecule has 0 spiro atoms. The van der Waals surface area contributed by atoms with E-state index in [9.17, 15) is 4.79 Å². The van der Waals surface area contributed by atoms with Crippen molar-refractivity contribution in [2.75, 3.05) is 0 Å². The summed E-state index contributed by atoms with van der Waals surface area (Å²) in [6.45, 7) is 0. The second-order valence-electron chi connectivity index (χ2n) is 3.19. The van der Waals surface area contributed by atoms with Crippen molar-refractivity contribution in [1.29, 1.82) is 0 Å². The third-order valence-corrected chi connectivity index (χ3v) is 2.12. The number of nitrogens with two attached hydrogens (primary N) is 1. The number of hydrogen-bond donors (Lipinski definition) is 2. The van der Waals surface area contributed by atoms with Gasteiger partial charge in [-0.2, -0.15) is 0 Å². The number of hydrogen-bond acceptors (Lipinski definition) is 3. The summed E-state index contributed by atoms with van der Waals surface area (Å²) in [6, 6.07) is 7.14. The molecular formula is C10H9BN4O. The Hall–Kier alpha value is -2.08. The first-order valence-corrected chi connectivity index (χ1v) is 4.62. The molecule has 0 fully saturated rings. The van der Waals surface area contributed by atoms with Crippen LogP contribution >= 0.6 is 0 Å². The molecule has 2 rings (SSSR count). The number of aromatic nitrogens is 2. The summed E-state index contributed by atoms with van der Waals surface area (Å²) in [4.78, 5) is 15.3. The number of carbonyl (C=O) groups is 1. The Balaban J connectivity index is 2.48. The second kappa shape index (κ2) is 4.20. The number of carbonyl (C=O) groups excluding carboxylic acids is 1. The van der Waals surface area contributed by atoms with Crippen LogP contribution in [0.25, 0.3) is 5.69 Å². The van der Waals surface area contributed by atoms with Gasteiger partial charge in [0.25, 0.3) is 0 Å². The van der Waals surface area contributed by atoms with E-state index in [0.717, 1.165) is 5.69 Å². The van der Waals surface area contributed by atoms with Crippen LogP contribution in [0.2, 0.25) is 0 Å². The van der Waals surface area contributed by atoms with Gasteiger partial charge in [-0.25, -0.2) is 10.8 Å². The van der Waals surface area contributed by atoms with Gasteiger partial charge in [0.05, 0.1) is 0 Å². The number of hydrazine groups is 1. The first-order chi connectivity index (χ1) is 7.72. The molecule has 2 aromatic rings. The molecular weight excluding hydrogens is 203 g/mol. The molecule has 1 aromatic heterocycles. The molecule has 5 nitrogen and oxygen atoms in total. The molecule has 0 unspecified atom stereocenters. The van der Waals surface area contributed by atoms with Gasteiger partial charge < -0.3 is 0 Å². The average Bonchev–Trinajstić information content (AvgIpc) is 2.77. The highest BCUT2D eigenvalue weighted by atomic mass is 16.2. The van der Waals surface area contributed by atoms with Gasteiger partial charge in [-0.15, -0.1) is 0 Å². The Labute approximate surface area is 93.7 Å². The van der Waals surface area contributed by atoms with Crippen molar-refractivity contribution in [2.24, 2.45) is 5.84 Å². The van der Waals surface area contributed by atoms with Crippen molar-refractivity contribution in [3.63, 3.8) is 0 Å². The van der Waals surface area contributed by atoms with E-state index in [2.05, 4.69) is 4.98 Å². The van der Waals surface area contributed by atoms with Gasteiger partial charge in [0, 0.05) is 18.1 Å². The molecule has 0 saturated heterocycles. The van der Waals surface area contributed by atoms with E-state index in [1.165, 1.54) is 6.20 Å². The minimum Gasteiger partial charge on any atom is -0.296 e. The second-order valence-corrected chi connectivity index (χ2v) is 3.19. The molecule has 2 radical (unpaired) electrons. The molecule has 0 aliphatic heterocycles. The van der Waals surface area contributed by atoms with E-state index in [0.29, 0.717) is 5.46 Å². The molecule has 0 atom stereocenters. The lowest BCUT2D eigenvalue weighted by Gasteiger charge is -2.07. The van der Waals surface area contributed by atoms with E-state index in [4.69, 9.17) is 13.7 Å². The maximum Gasteiger partial charge on any atom is 0.301 e. The van der Waals surface area contributed by atoms with Crippen LogP contribution in [-0.4, -0.2) is 23.3 Å². The highest BCUT2D eigenvalue weighted by Gasteiger charge is 2.11. The Bertz CT molecular complexity index is 523. The number of benzene rings is 1. The predicted octanol–water partition coefficient (Wildman–Crippen LogP) is -0.730. The molecule has 1 aromatic carbocycles. The van der Waals surface area contributed by atoms with E-state index in [1.54, 1.807) is 29.0 Å². The number of rotatable bonds is 2. The zero-order valence-corrected chi connectivity index (χ0v) is 8.42. The molecule has 0 saturated carbocycles. The topological polar surface area (TPSA) is 72.9 Å². The highest BCUT2D eigenvalue weighted by Crippen LogP contribution is 2.08. The minimum atomic E-state index is -0.451. The maximum absolute atomic E-state index is 11.4. The van der Waals surface area contributed by atoms with Crippen LogP contribution in [0, 0.1) is 0 Å². The summed E-state index contributed by atoms with van der Waals surface area (Å²) in [5, 5.41) is 0. The average molecular weight is 212 g/mol. The standard InChI is InChI=1S/C10H9BN4O/c11-7-2-1-3-8(6-7)15-5-4-13-9(15)10(16)14-12/h1-6H,12H2,(H,14,16). The van der Waals surface area contributed by atoms with Gasteiger partial charge >= 0.3 is 5.91 Å². The maximum atomic E-state index is 11.4. The molecule has 78 valence electrons. The Morgan fingerprint density at radius 3 is 3.00 bits per heavy atom. The van der Waals surface area contributed by atoms with Crippen LogP contribution in [0.5, 0.6) is 0 Å². The third-order valence-electron chi connectivity index (χ3n) is 2.12. The van der Waals surface area contributed by atoms with Crippen LogP contribution < -0.4 is 16.7 Å². The van der Waals surface area contributed by atoms with Crippen molar-refractivity contribution in [1.82, 2.24) is 15.0 Å². The number of amides is 1. The quantitative estimate of drug-likeness (QED) is 0.298. The molecule has 16 heavy (non-hydrogen) atoms. The number of nitrogen functional groups attached to an aromatic ring is 1. The molecule has 0 aliphatic carbocycles. The first-order valence-electron chi connectivity index (χ1n) is 4.62. The van der Waals surface area contributed by atoms with Gasteiger partial charge in [-0.1, -0.05) is 17.6 Å². The molecule has 1 heterocycles. The van der Waals surface area contributed by atoms with E-state index >= 15 is 0 Å². The van der Waals surface area contributed by atoms with E-state index in [-0.39, 0.29) is 5.82 Å². The molecule has 6 heteroatoms. The van der Waals surface area contributed by atoms with Crippen LogP contribution in [0.3, 0.4) is 0 Å².